The molecule has 0 saturated heterocycles. The van der Waals surface area contributed by atoms with Crippen LogP contribution in [0.25, 0.3) is 11.4 Å². The molecule has 0 spiro atoms. The molecule has 0 radical (unpaired) electrons. The van der Waals surface area contributed by atoms with Crippen molar-refractivity contribution in [3.05, 3.63) is 97.3 Å². The van der Waals surface area contributed by atoms with Gasteiger partial charge in [0.1, 0.15) is 46.7 Å². The second-order valence-electron chi connectivity index (χ2n) is 7.39. The van der Waals surface area contributed by atoms with Crippen molar-refractivity contribution in [1.82, 2.24) is 19.9 Å². The van der Waals surface area contributed by atoms with E-state index in [1.54, 1.807) is 48.5 Å². The number of nitrogens with zero attached hydrogens (tertiary/aromatic N) is 4. The summed E-state index contributed by atoms with van der Waals surface area (Å²) < 4.78 is 11.6. The first-order chi connectivity index (χ1) is 17.5. The van der Waals surface area contributed by atoms with E-state index in [1.165, 1.54) is 6.33 Å². The molecule has 0 amide bonds. The Morgan fingerprint density at radius 3 is 1.78 bits per heavy atom. The average molecular weight is 481 g/mol. The largest absolute Gasteiger partial charge is 0.457 e. The molecule has 0 fully saturated rings. The number of nitrogens with two attached hydrogens (primary N) is 4. The highest BCUT2D eigenvalue weighted by Crippen LogP contribution is 2.28. The molecule has 2 aromatic carbocycles. The van der Waals surface area contributed by atoms with Crippen LogP contribution in [0, 0.1) is 0 Å². The maximum atomic E-state index is 5.97. The molecule has 36 heavy (non-hydrogen) atoms. The molecule has 0 saturated carbocycles. The lowest BCUT2D eigenvalue weighted by molar-refractivity contribution is 0.455. The molecule has 0 aliphatic rings. The summed E-state index contributed by atoms with van der Waals surface area (Å²) in [5, 5.41) is 0. The number of pyridine rings is 2. The van der Waals surface area contributed by atoms with E-state index < -0.39 is 0 Å². The van der Waals surface area contributed by atoms with E-state index in [-0.39, 0.29) is 0 Å². The molecule has 0 aliphatic carbocycles. The van der Waals surface area contributed by atoms with E-state index in [1.807, 2.05) is 42.5 Å². The van der Waals surface area contributed by atoms with Crippen LogP contribution >= 0.6 is 0 Å². The summed E-state index contributed by atoms with van der Waals surface area (Å²) in [5.41, 5.74) is 23.7. The Kier molecular flexibility index (Phi) is 7.37. The van der Waals surface area contributed by atoms with Gasteiger partial charge in [0.2, 0.25) is 5.88 Å². The number of hydrogen-bond acceptors (Lipinski definition) is 10. The van der Waals surface area contributed by atoms with Crippen molar-refractivity contribution in [1.29, 1.82) is 0 Å². The summed E-state index contributed by atoms with van der Waals surface area (Å²) in [4.78, 5) is 16.3. The van der Waals surface area contributed by atoms with Crippen LogP contribution in [-0.4, -0.2) is 19.9 Å². The van der Waals surface area contributed by atoms with Gasteiger partial charge in [0.05, 0.1) is 11.4 Å². The Bertz CT molecular complexity index is 1410. The topological polar surface area (TPSA) is 174 Å². The van der Waals surface area contributed by atoms with E-state index >= 15 is 0 Å². The van der Waals surface area contributed by atoms with Gasteiger partial charge in [-0.25, -0.2) is 19.9 Å². The Hall–Kier alpha value is -5.38. The third kappa shape index (κ3) is 6.58. The van der Waals surface area contributed by atoms with Crippen LogP contribution in [0.4, 0.5) is 23.1 Å². The fourth-order valence-electron chi connectivity index (χ4n) is 3.00. The van der Waals surface area contributed by atoms with Crippen LogP contribution in [0.1, 0.15) is 0 Å². The predicted octanol–water partition coefficient (Wildman–Crippen LogP) is 4.53. The van der Waals surface area contributed by atoms with Crippen molar-refractivity contribution in [2.45, 2.75) is 0 Å². The van der Waals surface area contributed by atoms with Crippen molar-refractivity contribution in [2.24, 2.45) is 0 Å². The van der Waals surface area contributed by atoms with E-state index in [2.05, 4.69) is 19.9 Å². The van der Waals surface area contributed by atoms with Gasteiger partial charge in [-0.2, -0.15) is 0 Å². The maximum absolute atomic E-state index is 5.97. The number of benzene rings is 2. The summed E-state index contributed by atoms with van der Waals surface area (Å²) in [6.07, 6.45) is 1.39. The third-order valence-corrected chi connectivity index (χ3v) is 4.65. The highest BCUT2D eigenvalue weighted by molar-refractivity contribution is 5.71. The van der Waals surface area contributed by atoms with Gasteiger partial charge in [-0.3, -0.25) is 0 Å². The molecule has 0 atom stereocenters. The van der Waals surface area contributed by atoms with Gasteiger partial charge in [0.15, 0.2) is 0 Å². The standard InChI is InChI=1S/C21H17N5O2.C5H7N3/c22-17-10-11-19(23)26-21(17)18-12-20(25-13-24-18)28-16-8-6-15(7-9-16)27-14-4-2-1-3-5-14;6-4-2-1-3-5(7)8-4/h1-13H,22H2,(H2,23,26);1-3H,(H4,6,7,8). The quantitative estimate of drug-likeness (QED) is 0.279. The molecule has 10 nitrogen and oxygen atoms in total. The number of nitrogen functional groups attached to an aromatic ring is 4. The minimum Gasteiger partial charge on any atom is -0.457 e. The number of ether oxygens (including phenoxy) is 2. The number of hydrogen-bond donors (Lipinski definition) is 4. The Morgan fingerprint density at radius 2 is 1.14 bits per heavy atom. The third-order valence-electron chi connectivity index (χ3n) is 4.65. The van der Waals surface area contributed by atoms with Crippen LogP contribution in [-0.2, 0) is 0 Å². The first-order valence-corrected chi connectivity index (χ1v) is 10.8. The molecule has 5 aromatic rings. The summed E-state index contributed by atoms with van der Waals surface area (Å²) in [6.45, 7) is 0. The molecule has 3 heterocycles. The van der Waals surface area contributed by atoms with Gasteiger partial charge < -0.3 is 32.4 Å². The number of para-hydroxylation sites is 1. The minimum absolute atomic E-state index is 0.360. The molecule has 0 aliphatic heterocycles. The van der Waals surface area contributed by atoms with Crippen molar-refractivity contribution < 1.29 is 9.47 Å². The van der Waals surface area contributed by atoms with Crippen molar-refractivity contribution in [2.75, 3.05) is 22.9 Å². The molecular weight excluding hydrogens is 456 g/mol. The van der Waals surface area contributed by atoms with Crippen molar-refractivity contribution >= 4 is 23.1 Å². The first kappa shape index (κ1) is 23.8. The maximum Gasteiger partial charge on any atom is 0.222 e. The summed E-state index contributed by atoms with van der Waals surface area (Å²) in [7, 11) is 0. The van der Waals surface area contributed by atoms with E-state index in [0.29, 0.717) is 51.9 Å². The Balaban J connectivity index is 0.000000325. The summed E-state index contributed by atoms with van der Waals surface area (Å²) in [6, 6.07) is 26.9. The number of aromatic nitrogens is 4. The van der Waals surface area contributed by atoms with Crippen molar-refractivity contribution in [3.63, 3.8) is 0 Å². The highest BCUT2D eigenvalue weighted by Gasteiger charge is 2.09. The second-order valence-corrected chi connectivity index (χ2v) is 7.39. The van der Waals surface area contributed by atoms with E-state index in [9.17, 15) is 0 Å². The Morgan fingerprint density at radius 1 is 0.528 bits per heavy atom. The SMILES string of the molecule is Nc1ccc(N)c(-c2cc(Oc3ccc(Oc4ccccc4)cc3)ncn2)n1.Nc1cccc(N)n1. The van der Waals surface area contributed by atoms with Crippen LogP contribution in [0.2, 0.25) is 0 Å². The molecule has 180 valence electrons. The highest BCUT2D eigenvalue weighted by atomic mass is 16.5. The fraction of sp³-hybridized carbons (Fsp3) is 0. The number of anilines is 4. The smallest absolute Gasteiger partial charge is 0.222 e. The zero-order chi connectivity index (χ0) is 25.3. The molecule has 0 unspecified atom stereocenters. The Labute approximate surface area is 207 Å². The summed E-state index contributed by atoms with van der Waals surface area (Å²) >= 11 is 0. The van der Waals surface area contributed by atoms with E-state index in [0.717, 1.165) is 5.75 Å². The molecule has 3 aromatic heterocycles. The zero-order valence-corrected chi connectivity index (χ0v) is 19.2. The van der Waals surface area contributed by atoms with Crippen LogP contribution in [0.5, 0.6) is 23.1 Å². The normalized spacial score (nSPS) is 10.1. The lowest BCUT2D eigenvalue weighted by atomic mass is 10.2. The fourth-order valence-corrected chi connectivity index (χ4v) is 3.00. The summed E-state index contributed by atoms with van der Waals surface area (Å²) in [5.74, 6) is 3.74. The zero-order valence-electron chi connectivity index (χ0n) is 19.2. The lowest BCUT2D eigenvalue weighted by Gasteiger charge is -2.09. The molecule has 0 bridgehead atoms. The van der Waals surface area contributed by atoms with Crippen LogP contribution in [0.3, 0.4) is 0 Å². The average Bonchev–Trinajstić information content (AvgIpc) is 2.88. The predicted molar refractivity (Wildman–Crippen MR) is 140 cm³/mol. The van der Waals surface area contributed by atoms with Gasteiger partial charge in [0, 0.05) is 6.07 Å². The van der Waals surface area contributed by atoms with Gasteiger partial charge in [-0.15, -0.1) is 0 Å². The molecule has 8 N–H and O–H groups in total. The van der Waals surface area contributed by atoms with E-state index in [4.69, 9.17) is 32.4 Å². The van der Waals surface area contributed by atoms with Crippen molar-refractivity contribution in [3.8, 4) is 34.5 Å². The van der Waals surface area contributed by atoms with Crippen LogP contribution < -0.4 is 32.4 Å². The van der Waals surface area contributed by atoms with Gasteiger partial charge in [-0.1, -0.05) is 24.3 Å². The lowest BCUT2D eigenvalue weighted by Crippen LogP contribution is -1.99. The first-order valence-electron chi connectivity index (χ1n) is 10.8. The monoisotopic (exact) mass is 480 g/mol. The minimum atomic E-state index is 0.360. The van der Waals surface area contributed by atoms with Gasteiger partial charge in [0.25, 0.3) is 0 Å². The second kappa shape index (κ2) is 11.2. The number of rotatable bonds is 5. The van der Waals surface area contributed by atoms with Gasteiger partial charge >= 0.3 is 0 Å². The molecule has 10 heteroatoms. The van der Waals surface area contributed by atoms with Gasteiger partial charge in [-0.05, 0) is 60.7 Å². The molecule has 5 rings (SSSR count). The molecular formula is C26H24N8O2. The van der Waals surface area contributed by atoms with Crippen LogP contribution in [0.15, 0.2) is 97.3 Å².